The zero-order valence-electron chi connectivity index (χ0n) is 18.6. The van der Waals surface area contributed by atoms with Crippen molar-refractivity contribution in [3.8, 4) is 11.3 Å². The predicted octanol–water partition coefficient (Wildman–Crippen LogP) is 3.77. The van der Waals surface area contributed by atoms with Gasteiger partial charge in [0.1, 0.15) is 5.01 Å². The molecule has 0 saturated carbocycles. The van der Waals surface area contributed by atoms with Crippen molar-refractivity contribution in [3.05, 3.63) is 39.2 Å². The van der Waals surface area contributed by atoms with Crippen molar-refractivity contribution >= 4 is 17.2 Å². The second kappa shape index (κ2) is 8.94. The maximum absolute atomic E-state index is 12.1. The molecule has 1 aliphatic rings. The van der Waals surface area contributed by atoms with Gasteiger partial charge in [0.2, 0.25) is 5.91 Å². The van der Waals surface area contributed by atoms with E-state index in [4.69, 9.17) is 4.98 Å². The Morgan fingerprint density at radius 3 is 2.31 bits per heavy atom. The normalized spacial score (nSPS) is 16.2. The molecule has 0 radical (unpaired) electrons. The lowest BCUT2D eigenvalue weighted by Gasteiger charge is -2.34. The number of piperazine rings is 1. The van der Waals surface area contributed by atoms with E-state index in [1.165, 1.54) is 22.3 Å². The molecule has 1 N–H and O–H groups in total. The van der Waals surface area contributed by atoms with Gasteiger partial charge in [-0.15, -0.1) is 11.3 Å². The van der Waals surface area contributed by atoms with E-state index >= 15 is 0 Å². The molecule has 0 bridgehead atoms. The monoisotopic (exact) mass is 414 g/mol. The number of nitrogens with zero attached hydrogens (tertiary/aromatic N) is 3. The molecule has 0 aliphatic carbocycles. The van der Waals surface area contributed by atoms with Gasteiger partial charge in [0.15, 0.2) is 0 Å². The molecule has 0 unspecified atom stereocenters. The molecule has 29 heavy (non-hydrogen) atoms. The van der Waals surface area contributed by atoms with Crippen molar-refractivity contribution in [1.82, 2.24) is 20.1 Å². The summed E-state index contributed by atoms with van der Waals surface area (Å²) in [5, 5.41) is 6.39. The molecule has 1 saturated heterocycles. The van der Waals surface area contributed by atoms with Crippen LogP contribution in [-0.4, -0.2) is 59.0 Å². The number of benzene rings is 1. The first kappa shape index (κ1) is 21.9. The van der Waals surface area contributed by atoms with Crippen LogP contribution in [0.3, 0.4) is 0 Å². The summed E-state index contributed by atoms with van der Waals surface area (Å²) in [4.78, 5) is 21.7. The first-order valence-electron chi connectivity index (χ1n) is 10.4. The number of carbonyl (C=O) groups excluding carboxylic acids is 1. The van der Waals surface area contributed by atoms with Gasteiger partial charge < -0.3 is 5.32 Å². The van der Waals surface area contributed by atoms with E-state index < -0.39 is 0 Å². The third-order valence-electron chi connectivity index (χ3n) is 5.37. The van der Waals surface area contributed by atoms with Crippen LogP contribution in [0.15, 0.2) is 17.5 Å². The Morgan fingerprint density at radius 2 is 1.66 bits per heavy atom. The topological polar surface area (TPSA) is 48.5 Å². The third kappa shape index (κ3) is 6.11. The highest BCUT2D eigenvalue weighted by Crippen LogP contribution is 2.28. The highest BCUT2D eigenvalue weighted by atomic mass is 32.1. The number of amides is 1. The van der Waals surface area contributed by atoms with Crippen molar-refractivity contribution in [1.29, 1.82) is 0 Å². The minimum absolute atomic E-state index is 0.110. The Morgan fingerprint density at radius 1 is 1.03 bits per heavy atom. The molecule has 0 spiro atoms. The molecule has 2 heterocycles. The van der Waals surface area contributed by atoms with E-state index in [1.54, 1.807) is 11.3 Å². The average molecular weight is 415 g/mol. The molecule has 1 amide bonds. The van der Waals surface area contributed by atoms with Crippen LogP contribution in [0, 0.1) is 20.8 Å². The standard InChI is InChI=1S/C23H34N4OS/c1-16-11-18(3)19(12-17(16)2)20-15-29-22(24-20)14-27-9-7-26(8-10-27)13-21(28)25-23(4,5)6/h11-12,15H,7-10,13-14H2,1-6H3,(H,25,28). The fourth-order valence-electron chi connectivity index (χ4n) is 3.70. The minimum atomic E-state index is -0.171. The summed E-state index contributed by atoms with van der Waals surface area (Å²) >= 11 is 1.74. The van der Waals surface area contributed by atoms with Crippen molar-refractivity contribution in [3.63, 3.8) is 0 Å². The quantitative estimate of drug-likeness (QED) is 0.809. The number of nitrogens with one attached hydrogen (secondary N) is 1. The van der Waals surface area contributed by atoms with Crippen molar-refractivity contribution in [2.45, 2.75) is 53.6 Å². The second-order valence-corrected chi connectivity index (χ2v) is 10.2. The summed E-state index contributed by atoms with van der Waals surface area (Å²) in [5.74, 6) is 0.110. The predicted molar refractivity (Wildman–Crippen MR) is 121 cm³/mol. The molecular weight excluding hydrogens is 380 g/mol. The number of hydrogen-bond acceptors (Lipinski definition) is 5. The van der Waals surface area contributed by atoms with Gasteiger partial charge in [0.05, 0.1) is 18.8 Å². The average Bonchev–Trinajstić information content (AvgIpc) is 3.06. The van der Waals surface area contributed by atoms with Crippen LogP contribution >= 0.6 is 11.3 Å². The number of hydrogen-bond donors (Lipinski definition) is 1. The zero-order chi connectivity index (χ0) is 21.2. The number of aryl methyl sites for hydroxylation is 3. The van der Waals surface area contributed by atoms with E-state index in [0.29, 0.717) is 6.54 Å². The SMILES string of the molecule is Cc1cc(C)c(-c2csc(CN3CCN(CC(=O)NC(C)(C)C)CC3)n2)cc1C. The van der Waals surface area contributed by atoms with E-state index in [9.17, 15) is 4.79 Å². The molecule has 158 valence electrons. The number of rotatable bonds is 5. The molecule has 2 aromatic rings. The zero-order valence-corrected chi connectivity index (χ0v) is 19.4. The Labute approximate surface area is 179 Å². The molecule has 5 nitrogen and oxygen atoms in total. The molecule has 1 aliphatic heterocycles. The Hall–Kier alpha value is -1.76. The van der Waals surface area contributed by atoms with Gasteiger partial charge in [-0.3, -0.25) is 14.6 Å². The summed E-state index contributed by atoms with van der Waals surface area (Å²) in [5.41, 5.74) is 6.08. The molecule has 0 atom stereocenters. The molecule has 1 aromatic carbocycles. The van der Waals surface area contributed by atoms with E-state index in [2.05, 4.69) is 53.4 Å². The van der Waals surface area contributed by atoms with Crippen molar-refractivity contribution in [2.24, 2.45) is 0 Å². The first-order chi connectivity index (χ1) is 13.6. The number of thiazole rings is 1. The summed E-state index contributed by atoms with van der Waals surface area (Å²) in [6, 6.07) is 4.50. The highest BCUT2D eigenvalue weighted by molar-refractivity contribution is 7.09. The Balaban J connectivity index is 1.53. The van der Waals surface area contributed by atoms with Gasteiger partial charge in [0.25, 0.3) is 0 Å². The first-order valence-corrected chi connectivity index (χ1v) is 11.3. The lowest BCUT2D eigenvalue weighted by Crippen LogP contribution is -2.51. The Bertz CT molecular complexity index is 860. The van der Waals surface area contributed by atoms with Gasteiger partial charge in [-0.2, -0.15) is 0 Å². The van der Waals surface area contributed by atoms with Gasteiger partial charge in [-0.1, -0.05) is 6.07 Å². The molecule has 1 aromatic heterocycles. The van der Waals surface area contributed by atoms with E-state index in [-0.39, 0.29) is 11.4 Å². The van der Waals surface area contributed by atoms with Gasteiger partial charge in [-0.05, 0) is 64.3 Å². The maximum Gasteiger partial charge on any atom is 0.234 e. The summed E-state index contributed by atoms with van der Waals surface area (Å²) in [6.07, 6.45) is 0. The minimum Gasteiger partial charge on any atom is -0.350 e. The lowest BCUT2D eigenvalue weighted by molar-refractivity contribution is -0.124. The van der Waals surface area contributed by atoms with Crippen LogP contribution in [0.4, 0.5) is 0 Å². The van der Waals surface area contributed by atoms with Gasteiger partial charge >= 0.3 is 0 Å². The smallest absolute Gasteiger partial charge is 0.234 e. The lowest BCUT2D eigenvalue weighted by atomic mass is 9.99. The van der Waals surface area contributed by atoms with Crippen LogP contribution in [-0.2, 0) is 11.3 Å². The second-order valence-electron chi connectivity index (χ2n) is 9.23. The summed E-state index contributed by atoms with van der Waals surface area (Å²) < 4.78 is 0. The third-order valence-corrected chi connectivity index (χ3v) is 6.21. The molecule has 3 rings (SSSR count). The van der Waals surface area contributed by atoms with E-state index in [1.807, 2.05) is 20.8 Å². The molecule has 6 heteroatoms. The number of carbonyl (C=O) groups is 1. The summed E-state index contributed by atoms with van der Waals surface area (Å²) in [7, 11) is 0. The van der Waals surface area contributed by atoms with Gasteiger partial charge in [0, 0.05) is 42.7 Å². The largest absolute Gasteiger partial charge is 0.350 e. The Kier molecular flexibility index (Phi) is 6.76. The highest BCUT2D eigenvalue weighted by Gasteiger charge is 2.22. The van der Waals surface area contributed by atoms with Crippen molar-refractivity contribution in [2.75, 3.05) is 32.7 Å². The maximum atomic E-state index is 12.1. The van der Waals surface area contributed by atoms with Crippen molar-refractivity contribution < 1.29 is 4.79 Å². The summed E-state index contributed by atoms with van der Waals surface area (Å²) in [6.45, 7) is 17.7. The van der Waals surface area contributed by atoms with Crippen LogP contribution < -0.4 is 5.32 Å². The molecule has 1 fully saturated rings. The van der Waals surface area contributed by atoms with E-state index in [0.717, 1.165) is 43.4 Å². The van der Waals surface area contributed by atoms with Gasteiger partial charge in [-0.25, -0.2) is 4.98 Å². The van der Waals surface area contributed by atoms with Crippen LogP contribution in [0.25, 0.3) is 11.3 Å². The van der Waals surface area contributed by atoms with Crippen LogP contribution in [0.1, 0.15) is 42.5 Å². The fraction of sp³-hybridized carbons (Fsp3) is 0.565. The van der Waals surface area contributed by atoms with Crippen LogP contribution in [0.2, 0.25) is 0 Å². The fourth-order valence-corrected chi connectivity index (χ4v) is 4.54. The number of aromatic nitrogens is 1. The van der Waals surface area contributed by atoms with Crippen LogP contribution in [0.5, 0.6) is 0 Å². The molecular formula is C23H34N4OS.